The molecule has 1 fully saturated rings. The van der Waals surface area contributed by atoms with Gasteiger partial charge in [-0.05, 0) is 49.9 Å². The third kappa shape index (κ3) is 5.01. The maximum Gasteiger partial charge on any atom is 0.294 e. The van der Waals surface area contributed by atoms with Crippen molar-refractivity contribution in [1.82, 2.24) is 4.90 Å². The number of nitrogens with one attached hydrogen (secondary N) is 1. The van der Waals surface area contributed by atoms with Crippen LogP contribution in [0.25, 0.3) is 6.08 Å². The summed E-state index contributed by atoms with van der Waals surface area (Å²) in [5.41, 5.74) is 1.16. The zero-order valence-electron chi connectivity index (χ0n) is 16.9. The quantitative estimate of drug-likeness (QED) is 0.670. The van der Waals surface area contributed by atoms with Crippen molar-refractivity contribution in [3.63, 3.8) is 0 Å². The first-order chi connectivity index (χ1) is 14.4. The van der Waals surface area contributed by atoms with Crippen molar-refractivity contribution < 1.29 is 23.9 Å². The van der Waals surface area contributed by atoms with Crippen molar-refractivity contribution in [2.45, 2.75) is 20.0 Å². The molecule has 1 aliphatic heterocycles. The third-order valence-corrected chi connectivity index (χ3v) is 5.03. The number of amides is 3. The minimum absolute atomic E-state index is 0.0340. The van der Waals surface area contributed by atoms with Crippen LogP contribution in [-0.4, -0.2) is 41.7 Å². The van der Waals surface area contributed by atoms with E-state index in [1.54, 1.807) is 42.5 Å². The number of thioether (sulfide) groups is 1. The predicted molar refractivity (Wildman–Crippen MR) is 117 cm³/mol. The molecule has 0 aliphatic carbocycles. The zero-order valence-corrected chi connectivity index (χ0v) is 17.7. The van der Waals surface area contributed by atoms with Crippen LogP contribution in [0.2, 0.25) is 0 Å². The molecule has 0 radical (unpaired) electrons. The minimum Gasteiger partial charge on any atom is -0.495 e. The lowest BCUT2D eigenvalue weighted by Crippen LogP contribution is -2.36. The van der Waals surface area contributed by atoms with Crippen LogP contribution in [0.3, 0.4) is 0 Å². The Bertz CT molecular complexity index is 1000. The number of carbonyl (C=O) groups is 3. The fourth-order valence-corrected chi connectivity index (χ4v) is 3.65. The van der Waals surface area contributed by atoms with Crippen molar-refractivity contribution >= 4 is 40.6 Å². The molecule has 0 bridgehead atoms. The fourth-order valence-electron chi connectivity index (χ4n) is 2.82. The largest absolute Gasteiger partial charge is 0.495 e. The van der Waals surface area contributed by atoms with Gasteiger partial charge >= 0.3 is 0 Å². The van der Waals surface area contributed by atoms with Gasteiger partial charge in [-0.2, -0.15) is 0 Å². The number of benzene rings is 2. The Labute approximate surface area is 179 Å². The second kappa shape index (κ2) is 9.49. The van der Waals surface area contributed by atoms with E-state index in [9.17, 15) is 14.4 Å². The molecule has 1 saturated heterocycles. The monoisotopic (exact) mass is 426 g/mol. The summed E-state index contributed by atoms with van der Waals surface area (Å²) in [6.07, 6.45) is 1.58. The van der Waals surface area contributed by atoms with E-state index in [1.165, 1.54) is 7.11 Å². The molecule has 8 heteroatoms. The van der Waals surface area contributed by atoms with Crippen molar-refractivity contribution in [3.8, 4) is 11.5 Å². The number of methoxy groups -OCH3 is 1. The number of carbonyl (C=O) groups excluding carboxylic acids is 3. The van der Waals surface area contributed by atoms with Gasteiger partial charge in [0.05, 0.1) is 23.8 Å². The Balaban J connectivity index is 1.74. The van der Waals surface area contributed by atoms with E-state index in [1.807, 2.05) is 26.0 Å². The van der Waals surface area contributed by atoms with Gasteiger partial charge in [-0.3, -0.25) is 19.3 Å². The van der Waals surface area contributed by atoms with Crippen molar-refractivity contribution in [2.24, 2.45) is 0 Å². The lowest BCUT2D eigenvalue weighted by molar-refractivity contribution is -0.127. The molecule has 0 spiro atoms. The smallest absolute Gasteiger partial charge is 0.294 e. The van der Waals surface area contributed by atoms with Crippen LogP contribution in [0.5, 0.6) is 11.5 Å². The second-order valence-corrected chi connectivity index (χ2v) is 7.71. The Kier molecular flexibility index (Phi) is 6.79. The number of rotatable bonds is 7. The number of nitrogens with zero attached hydrogens (tertiary/aromatic N) is 1. The zero-order chi connectivity index (χ0) is 21.7. The van der Waals surface area contributed by atoms with Gasteiger partial charge in [0.25, 0.3) is 11.1 Å². The van der Waals surface area contributed by atoms with Gasteiger partial charge in [0.1, 0.15) is 18.0 Å². The second-order valence-electron chi connectivity index (χ2n) is 6.72. The summed E-state index contributed by atoms with van der Waals surface area (Å²) < 4.78 is 11.0. The van der Waals surface area contributed by atoms with Crippen LogP contribution < -0.4 is 14.8 Å². The standard InChI is InChI=1S/C22H22N2O5S/c1-14(2)29-17-10-6-4-8-15(17)12-19-21(26)24(22(27)30-19)13-20(25)23-16-9-5-7-11-18(16)28-3/h4-12,14H,13H2,1-3H3,(H,23,25)/b19-12-. The maximum absolute atomic E-state index is 12.7. The molecule has 156 valence electrons. The minimum atomic E-state index is -0.514. The number of para-hydroxylation sites is 3. The summed E-state index contributed by atoms with van der Waals surface area (Å²) in [5.74, 6) is 0.0981. The Morgan fingerprint density at radius 1 is 1.10 bits per heavy atom. The highest BCUT2D eigenvalue weighted by Crippen LogP contribution is 2.34. The molecule has 3 amide bonds. The van der Waals surface area contributed by atoms with E-state index in [0.717, 1.165) is 16.7 Å². The SMILES string of the molecule is COc1ccccc1NC(=O)CN1C(=O)S/C(=C\c2ccccc2OC(C)C)C1=O. The van der Waals surface area contributed by atoms with Gasteiger partial charge in [-0.1, -0.05) is 30.3 Å². The summed E-state index contributed by atoms with van der Waals surface area (Å²) in [7, 11) is 1.49. The van der Waals surface area contributed by atoms with Crippen LogP contribution in [0, 0.1) is 0 Å². The lowest BCUT2D eigenvalue weighted by atomic mass is 10.2. The summed E-state index contributed by atoms with van der Waals surface area (Å²) in [5, 5.41) is 2.17. The molecule has 1 N–H and O–H groups in total. The first kappa shape index (κ1) is 21.4. The van der Waals surface area contributed by atoms with Crippen molar-refractivity contribution in [1.29, 1.82) is 0 Å². The topological polar surface area (TPSA) is 84.9 Å². The van der Waals surface area contributed by atoms with E-state index < -0.39 is 17.1 Å². The molecular formula is C22H22N2O5S. The lowest BCUT2D eigenvalue weighted by Gasteiger charge is -2.14. The van der Waals surface area contributed by atoms with Crippen molar-refractivity contribution in [2.75, 3.05) is 19.0 Å². The highest BCUT2D eigenvalue weighted by atomic mass is 32.2. The molecule has 1 aliphatic rings. The van der Waals surface area contributed by atoms with E-state index in [2.05, 4.69) is 5.32 Å². The number of ether oxygens (including phenoxy) is 2. The molecule has 0 unspecified atom stereocenters. The van der Waals surface area contributed by atoms with E-state index in [4.69, 9.17) is 9.47 Å². The van der Waals surface area contributed by atoms with Gasteiger partial charge < -0.3 is 14.8 Å². The third-order valence-electron chi connectivity index (χ3n) is 4.12. The number of imide groups is 1. The Hall–Kier alpha value is -3.26. The molecule has 1 heterocycles. The number of hydrogen-bond acceptors (Lipinski definition) is 6. The predicted octanol–water partition coefficient (Wildman–Crippen LogP) is 4.16. The van der Waals surface area contributed by atoms with Crippen LogP contribution in [0.15, 0.2) is 53.4 Å². The summed E-state index contributed by atoms with van der Waals surface area (Å²) >= 11 is 0.798. The average Bonchev–Trinajstić information content (AvgIpc) is 2.97. The van der Waals surface area contributed by atoms with Crippen molar-refractivity contribution in [3.05, 3.63) is 59.0 Å². The Morgan fingerprint density at radius 3 is 2.47 bits per heavy atom. The molecule has 0 aromatic heterocycles. The van der Waals surface area contributed by atoms with Crippen LogP contribution in [0.1, 0.15) is 19.4 Å². The summed E-state index contributed by atoms with van der Waals surface area (Å²) in [6, 6.07) is 14.2. The van der Waals surface area contributed by atoms with E-state index in [0.29, 0.717) is 22.7 Å². The Morgan fingerprint density at radius 2 is 1.77 bits per heavy atom. The van der Waals surface area contributed by atoms with Crippen LogP contribution in [-0.2, 0) is 9.59 Å². The molecule has 0 atom stereocenters. The number of hydrogen-bond donors (Lipinski definition) is 1. The first-order valence-corrected chi connectivity index (χ1v) is 10.1. The van der Waals surface area contributed by atoms with Crippen LogP contribution >= 0.6 is 11.8 Å². The van der Waals surface area contributed by atoms with Gasteiger partial charge in [0.2, 0.25) is 5.91 Å². The maximum atomic E-state index is 12.7. The van der Waals surface area contributed by atoms with Crippen LogP contribution in [0.4, 0.5) is 10.5 Å². The normalized spacial score (nSPS) is 15.1. The molecule has 7 nitrogen and oxygen atoms in total. The molecule has 0 saturated carbocycles. The van der Waals surface area contributed by atoms with E-state index >= 15 is 0 Å². The average molecular weight is 426 g/mol. The summed E-state index contributed by atoms with van der Waals surface area (Å²) in [4.78, 5) is 38.7. The highest BCUT2D eigenvalue weighted by molar-refractivity contribution is 8.18. The van der Waals surface area contributed by atoms with Gasteiger partial charge in [-0.15, -0.1) is 0 Å². The highest BCUT2D eigenvalue weighted by Gasteiger charge is 2.36. The van der Waals surface area contributed by atoms with E-state index in [-0.39, 0.29) is 17.6 Å². The molecular weight excluding hydrogens is 404 g/mol. The fraction of sp³-hybridized carbons (Fsp3) is 0.227. The molecule has 30 heavy (non-hydrogen) atoms. The van der Waals surface area contributed by atoms with Gasteiger partial charge in [0.15, 0.2) is 0 Å². The first-order valence-electron chi connectivity index (χ1n) is 9.33. The molecule has 2 aromatic rings. The van der Waals surface area contributed by atoms with Gasteiger partial charge in [-0.25, -0.2) is 0 Å². The summed E-state index contributed by atoms with van der Waals surface area (Å²) in [6.45, 7) is 3.43. The van der Waals surface area contributed by atoms with Gasteiger partial charge in [0, 0.05) is 5.56 Å². The number of anilines is 1. The molecule has 3 rings (SSSR count). The molecule has 2 aromatic carbocycles.